The van der Waals surface area contributed by atoms with E-state index in [1.807, 2.05) is 0 Å². The van der Waals surface area contributed by atoms with E-state index in [1.54, 1.807) is 73.8 Å². The predicted molar refractivity (Wildman–Crippen MR) is 133 cm³/mol. The number of amides is 2. The number of methoxy groups -OCH3 is 3. The molecule has 34 heavy (non-hydrogen) atoms. The van der Waals surface area contributed by atoms with E-state index in [1.165, 1.54) is 26.0 Å². The highest BCUT2D eigenvalue weighted by Gasteiger charge is 2.41. The van der Waals surface area contributed by atoms with E-state index in [0.717, 1.165) is 9.80 Å². The Morgan fingerprint density at radius 1 is 0.824 bits per heavy atom. The maximum absolute atomic E-state index is 13.6. The fourth-order valence-corrected chi connectivity index (χ4v) is 4.47. The first kappa shape index (κ1) is 23.5. The molecule has 0 aliphatic carbocycles. The van der Waals surface area contributed by atoms with Gasteiger partial charge >= 0.3 is 0 Å². The highest BCUT2D eigenvalue weighted by Crippen LogP contribution is 2.41. The van der Waals surface area contributed by atoms with Crippen molar-refractivity contribution in [2.45, 2.75) is 4.90 Å². The van der Waals surface area contributed by atoms with Crippen LogP contribution >= 0.6 is 23.4 Å². The third-order valence-electron chi connectivity index (χ3n) is 5.07. The number of benzene rings is 3. The molecule has 0 atom stereocenters. The molecule has 0 fully saturated rings. The molecule has 1 aliphatic rings. The maximum Gasteiger partial charge on any atom is 0.283 e. The predicted octanol–water partition coefficient (Wildman–Crippen LogP) is 5.36. The van der Waals surface area contributed by atoms with Crippen LogP contribution in [-0.2, 0) is 9.59 Å². The van der Waals surface area contributed by atoms with Gasteiger partial charge in [-0.1, -0.05) is 35.5 Å². The Labute approximate surface area is 206 Å². The van der Waals surface area contributed by atoms with Crippen molar-refractivity contribution in [3.05, 3.63) is 82.4 Å². The minimum atomic E-state index is -0.518. The Morgan fingerprint density at radius 2 is 1.53 bits per heavy atom. The fraction of sp³-hybridized carbons (Fsp3) is 0.120. The number of ether oxygens (including phenoxy) is 3. The zero-order valence-corrected chi connectivity index (χ0v) is 20.2. The lowest BCUT2D eigenvalue weighted by molar-refractivity contribution is -0.120. The summed E-state index contributed by atoms with van der Waals surface area (Å²) in [7, 11) is 4.55. The van der Waals surface area contributed by atoms with E-state index >= 15 is 0 Å². The Morgan fingerprint density at radius 3 is 2.21 bits per heavy atom. The largest absolute Gasteiger partial charge is 0.497 e. The number of carbonyl (C=O) groups excluding carboxylic acids is 2. The smallest absolute Gasteiger partial charge is 0.283 e. The summed E-state index contributed by atoms with van der Waals surface area (Å²) in [6.45, 7) is 0. The van der Waals surface area contributed by atoms with Crippen molar-refractivity contribution in [3.63, 3.8) is 0 Å². The number of hydrogen-bond donors (Lipinski definition) is 1. The van der Waals surface area contributed by atoms with Gasteiger partial charge in [-0.3, -0.25) is 9.59 Å². The molecule has 0 aromatic heterocycles. The van der Waals surface area contributed by atoms with Crippen molar-refractivity contribution in [2.24, 2.45) is 0 Å². The molecule has 0 bridgehead atoms. The number of para-hydroxylation sites is 2. The summed E-state index contributed by atoms with van der Waals surface area (Å²) in [5.41, 5.74) is 0.945. The molecule has 2 amide bonds. The second-order valence-electron chi connectivity index (χ2n) is 7.07. The fourth-order valence-electron chi connectivity index (χ4n) is 3.41. The van der Waals surface area contributed by atoms with Crippen molar-refractivity contribution < 1.29 is 23.8 Å². The summed E-state index contributed by atoms with van der Waals surface area (Å²) >= 11 is 7.18. The Kier molecular flexibility index (Phi) is 7.00. The van der Waals surface area contributed by atoms with Gasteiger partial charge in [0.15, 0.2) is 0 Å². The number of anilines is 2. The van der Waals surface area contributed by atoms with Gasteiger partial charge in [-0.15, -0.1) is 0 Å². The Bertz CT molecular complexity index is 1280. The van der Waals surface area contributed by atoms with Gasteiger partial charge in [0.25, 0.3) is 11.8 Å². The number of thioether (sulfide) groups is 1. The maximum atomic E-state index is 13.6. The van der Waals surface area contributed by atoms with Crippen LogP contribution in [0.2, 0.25) is 5.02 Å². The minimum absolute atomic E-state index is 0.113. The average Bonchev–Trinajstić information content (AvgIpc) is 3.09. The molecule has 7 nitrogen and oxygen atoms in total. The van der Waals surface area contributed by atoms with E-state index in [-0.39, 0.29) is 10.6 Å². The summed E-state index contributed by atoms with van der Waals surface area (Å²) in [6, 6.07) is 19.0. The third kappa shape index (κ3) is 4.55. The van der Waals surface area contributed by atoms with E-state index < -0.39 is 11.8 Å². The van der Waals surface area contributed by atoms with Crippen LogP contribution in [0.1, 0.15) is 0 Å². The highest BCUT2D eigenvalue weighted by molar-refractivity contribution is 8.04. The van der Waals surface area contributed by atoms with Crippen LogP contribution in [0.15, 0.2) is 82.2 Å². The van der Waals surface area contributed by atoms with E-state index in [4.69, 9.17) is 25.8 Å². The molecule has 9 heteroatoms. The zero-order valence-electron chi connectivity index (χ0n) is 18.6. The topological polar surface area (TPSA) is 77.1 Å². The first-order valence-corrected chi connectivity index (χ1v) is 11.3. The SMILES string of the molecule is COc1ccc(OC)c(NC2=C(Sc3ccc(Cl)cc3)C(=O)N(c3ccccc3OC)C2=O)c1. The number of rotatable bonds is 8. The standard InChI is InChI=1S/C25H21ClN2O5S/c1-31-16-10-13-20(32-2)18(14-16)27-22-23(34-17-11-8-15(26)9-12-17)25(30)28(24(22)29)19-6-4-5-7-21(19)33-3/h4-14,27H,1-3H3. The molecule has 1 heterocycles. The van der Waals surface area contributed by atoms with Crippen molar-refractivity contribution in [1.82, 2.24) is 0 Å². The van der Waals surface area contributed by atoms with Gasteiger partial charge in [-0.2, -0.15) is 0 Å². The number of hydrogen-bond acceptors (Lipinski definition) is 7. The molecule has 174 valence electrons. The molecule has 0 unspecified atom stereocenters. The third-order valence-corrected chi connectivity index (χ3v) is 6.41. The molecule has 1 aliphatic heterocycles. The number of nitrogens with one attached hydrogen (secondary N) is 1. The van der Waals surface area contributed by atoms with Crippen LogP contribution in [0, 0.1) is 0 Å². The first-order chi connectivity index (χ1) is 16.5. The molecular formula is C25H21ClN2O5S. The van der Waals surface area contributed by atoms with Crippen LogP contribution < -0.4 is 24.4 Å². The van der Waals surface area contributed by atoms with Gasteiger partial charge in [-0.25, -0.2) is 4.90 Å². The van der Waals surface area contributed by atoms with E-state index in [9.17, 15) is 9.59 Å². The lowest BCUT2D eigenvalue weighted by Gasteiger charge is -2.18. The molecule has 1 N–H and O–H groups in total. The van der Waals surface area contributed by atoms with Gasteiger partial charge in [0.1, 0.15) is 27.9 Å². The Balaban J connectivity index is 1.81. The van der Waals surface area contributed by atoms with Crippen molar-refractivity contribution in [3.8, 4) is 17.2 Å². The summed E-state index contributed by atoms with van der Waals surface area (Å²) in [4.78, 5) is 29.3. The van der Waals surface area contributed by atoms with Crippen LogP contribution in [0.3, 0.4) is 0 Å². The molecule has 3 aromatic rings. The summed E-state index contributed by atoms with van der Waals surface area (Å²) in [5, 5.41) is 3.68. The van der Waals surface area contributed by atoms with Crippen molar-refractivity contribution in [2.75, 3.05) is 31.5 Å². The first-order valence-electron chi connectivity index (χ1n) is 10.2. The monoisotopic (exact) mass is 496 g/mol. The molecular weight excluding hydrogens is 476 g/mol. The number of imide groups is 1. The van der Waals surface area contributed by atoms with Crippen LogP contribution in [0.25, 0.3) is 0 Å². The van der Waals surface area contributed by atoms with Gasteiger partial charge in [0.05, 0.1) is 32.7 Å². The van der Waals surface area contributed by atoms with Crippen LogP contribution in [0.4, 0.5) is 11.4 Å². The summed E-state index contributed by atoms with van der Waals surface area (Å²) in [5.74, 6) is 0.462. The van der Waals surface area contributed by atoms with Crippen LogP contribution in [0.5, 0.6) is 17.2 Å². The second kappa shape index (κ2) is 10.1. The van der Waals surface area contributed by atoms with Gasteiger partial charge in [-0.05, 0) is 48.5 Å². The number of nitrogens with zero attached hydrogens (tertiary/aromatic N) is 1. The van der Waals surface area contributed by atoms with Gasteiger partial charge in [0, 0.05) is 16.0 Å². The molecule has 0 radical (unpaired) electrons. The minimum Gasteiger partial charge on any atom is -0.497 e. The lowest BCUT2D eigenvalue weighted by Crippen LogP contribution is -2.32. The van der Waals surface area contributed by atoms with E-state index in [0.29, 0.717) is 33.6 Å². The highest BCUT2D eigenvalue weighted by atomic mass is 35.5. The molecule has 0 spiro atoms. The second-order valence-corrected chi connectivity index (χ2v) is 8.59. The molecule has 3 aromatic carbocycles. The quantitative estimate of drug-likeness (QED) is 0.421. The van der Waals surface area contributed by atoms with Crippen LogP contribution in [-0.4, -0.2) is 33.1 Å². The summed E-state index contributed by atoms with van der Waals surface area (Å²) in [6.07, 6.45) is 0. The van der Waals surface area contributed by atoms with E-state index in [2.05, 4.69) is 5.32 Å². The molecule has 4 rings (SSSR count). The number of halogens is 1. The van der Waals surface area contributed by atoms with Gasteiger partial charge in [0.2, 0.25) is 0 Å². The Hall–Kier alpha value is -3.62. The van der Waals surface area contributed by atoms with Crippen molar-refractivity contribution in [1.29, 1.82) is 0 Å². The number of carbonyl (C=O) groups is 2. The average molecular weight is 497 g/mol. The molecule has 0 saturated carbocycles. The zero-order chi connectivity index (χ0) is 24.2. The molecule has 0 saturated heterocycles. The van der Waals surface area contributed by atoms with Gasteiger partial charge < -0.3 is 19.5 Å². The summed E-state index contributed by atoms with van der Waals surface area (Å²) < 4.78 is 16.2. The normalized spacial score (nSPS) is 13.4. The van der Waals surface area contributed by atoms with Crippen molar-refractivity contribution >= 4 is 46.6 Å². The lowest BCUT2D eigenvalue weighted by atomic mass is 10.2.